The first-order chi connectivity index (χ1) is 9.58. The summed E-state index contributed by atoms with van der Waals surface area (Å²) in [4.78, 5) is 27.7. The van der Waals surface area contributed by atoms with E-state index in [1.165, 1.54) is 20.0 Å². The molecule has 5 nitrogen and oxygen atoms in total. The number of methoxy groups -OCH3 is 1. The monoisotopic (exact) mass is 284 g/mol. The molecule has 1 heterocycles. The first-order valence-electron chi connectivity index (χ1n) is 7.62. The number of nitrogens with zero attached hydrogens (tertiary/aromatic N) is 2. The van der Waals surface area contributed by atoms with Crippen LogP contribution in [0.1, 0.15) is 39.0 Å². The molecule has 1 amide bonds. The predicted octanol–water partition coefficient (Wildman–Crippen LogP) is 1.52. The van der Waals surface area contributed by atoms with E-state index in [2.05, 4.69) is 18.9 Å². The van der Waals surface area contributed by atoms with Crippen LogP contribution in [0.4, 0.5) is 0 Å². The fourth-order valence-corrected chi connectivity index (χ4v) is 2.55. The van der Waals surface area contributed by atoms with Gasteiger partial charge >= 0.3 is 5.97 Å². The number of carbonyl (C=O) groups excluding carboxylic acids is 2. The van der Waals surface area contributed by atoms with E-state index in [9.17, 15) is 9.59 Å². The van der Waals surface area contributed by atoms with Gasteiger partial charge in [-0.05, 0) is 32.9 Å². The molecule has 0 spiro atoms. The maximum Gasteiger partial charge on any atom is 0.310 e. The average molecular weight is 284 g/mol. The topological polar surface area (TPSA) is 49.9 Å². The summed E-state index contributed by atoms with van der Waals surface area (Å²) in [7, 11) is 3.46. The highest BCUT2D eigenvalue weighted by atomic mass is 16.5. The van der Waals surface area contributed by atoms with Gasteiger partial charge in [0.25, 0.3) is 0 Å². The van der Waals surface area contributed by atoms with Crippen molar-refractivity contribution in [3.63, 3.8) is 0 Å². The van der Waals surface area contributed by atoms with Crippen molar-refractivity contribution in [1.82, 2.24) is 9.80 Å². The quantitative estimate of drug-likeness (QED) is 0.665. The number of rotatable bonds is 7. The second kappa shape index (κ2) is 8.95. The van der Waals surface area contributed by atoms with Gasteiger partial charge in [-0.15, -0.1) is 0 Å². The van der Waals surface area contributed by atoms with Gasteiger partial charge in [0.05, 0.1) is 13.0 Å². The van der Waals surface area contributed by atoms with Crippen LogP contribution in [-0.4, -0.2) is 62.0 Å². The highest BCUT2D eigenvalue weighted by molar-refractivity contribution is 5.78. The van der Waals surface area contributed by atoms with E-state index in [0.29, 0.717) is 13.0 Å². The molecule has 1 rings (SSSR count). The molecule has 0 radical (unpaired) electrons. The van der Waals surface area contributed by atoms with Crippen molar-refractivity contribution >= 4 is 11.9 Å². The number of amides is 1. The molecule has 1 saturated heterocycles. The number of unbranched alkanes of at least 4 members (excludes halogenated alkanes) is 1. The van der Waals surface area contributed by atoms with Crippen molar-refractivity contribution in [2.45, 2.75) is 39.0 Å². The van der Waals surface area contributed by atoms with Crippen molar-refractivity contribution in [2.24, 2.45) is 5.92 Å². The van der Waals surface area contributed by atoms with Crippen LogP contribution in [0.15, 0.2) is 0 Å². The zero-order valence-electron chi connectivity index (χ0n) is 13.1. The summed E-state index contributed by atoms with van der Waals surface area (Å²) in [5.74, 6) is -0.181. The van der Waals surface area contributed by atoms with Crippen LogP contribution in [0.25, 0.3) is 0 Å². The minimum Gasteiger partial charge on any atom is -0.469 e. The highest BCUT2D eigenvalue weighted by Crippen LogP contribution is 2.18. The molecule has 1 atom stereocenters. The fourth-order valence-electron chi connectivity index (χ4n) is 2.55. The first kappa shape index (κ1) is 17.0. The van der Waals surface area contributed by atoms with Gasteiger partial charge in [-0.25, -0.2) is 0 Å². The number of hydrogen-bond acceptors (Lipinski definition) is 4. The molecule has 1 aliphatic rings. The lowest BCUT2D eigenvalue weighted by atomic mass is 9.98. The van der Waals surface area contributed by atoms with Crippen LogP contribution in [0, 0.1) is 5.92 Å². The molecule has 0 aromatic rings. The van der Waals surface area contributed by atoms with E-state index in [4.69, 9.17) is 4.74 Å². The van der Waals surface area contributed by atoms with Crippen LogP contribution in [-0.2, 0) is 14.3 Å². The number of esters is 1. The number of piperidine rings is 1. The summed E-state index contributed by atoms with van der Waals surface area (Å²) in [5.41, 5.74) is 0. The van der Waals surface area contributed by atoms with Crippen LogP contribution in [0.2, 0.25) is 0 Å². The van der Waals surface area contributed by atoms with Gasteiger partial charge in [0.1, 0.15) is 0 Å². The van der Waals surface area contributed by atoms with Gasteiger partial charge in [0.2, 0.25) is 5.91 Å². The van der Waals surface area contributed by atoms with Crippen LogP contribution >= 0.6 is 0 Å². The average Bonchev–Trinajstić information content (AvgIpc) is 2.49. The zero-order valence-corrected chi connectivity index (χ0v) is 13.1. The van der Waals surface area contributed by atoms with Gasteiger partial charge in [0, 0.05) is 26.1 Å². The van der Waals surface area contributed by atoms with Crippen molar-refractivity contribution in [2.75, 3.05) is 40.3 Å². The van der Waals surface area contributed by atoms with Crippen molar-refractivity contribution in [3.8, 4) is 0 Å². The Kier molecular flexibility index (Phi) is 7.59. The largest absolute Gasteiger partial charge is 0.469 e. The first-order valence-corrected chi connectivity index (χ1v) is 7.62. The third-order valence-electron chi connectivity index (χ3n) is 3.91. The Morgan fingerprint density at radius 3 is 2.75 bits per heavy atom. The standard InChI is InChI=1S/C15H28N2O3/c1-4-5-9-16(2)11-8-14(18)17-10-6-7-13(12-17)15(19)20-3/h13H,4-12H2,1-3H3. The summed E-state index contributed by atoms with van der Waals surface area (Å²) < 4.78 is 4.78. The van der Waals surface area contributed by atoms with E-state index in [-0.39, 0.29) is 17.8 Å². The zero-order chi connectivity index (χ0) is 15.0. The van der Waals surface area contributed by atoms with Gasteiger partial charge in [-0.1, -0.05) is 13.3 Å². The van der Waals surface area contributed by atoms with E-state index in [1.807, 2.05) is 4.90 Å². The van der Waals surface area contributed by atoms with Crippen LogP contribution in [0.3, 0.4) is 0 Å². The van der Waals surface area contributed by atoms with Crippen molar-refractivity contribution in [1.29, 1.82) is 0 Å². The van der Waals surface area contributed by atoms with Gasteiger partial charge in [-0.3, -0.25) is 9.59 Å². The molecule has 0 aromatic heterocycles. The molecular formula is C15H28N2O3. The number of likely N-dealkylation sites (tertiary alicyclic amines) is 1. The Morgan fingerprint density at radius 2 is 2.10 bits per heavy atom. The molecule has 0 aromatic carbocycles. The van der Waals surface area contributed by atoms with E-state index in [1.54, 1.807) is 0 Å². The van der Waals surface area contributed by atoms with Crippen molar-refractivity contribution < 1.29 is 14.3 Å². The second-order valence-electron chi connectivity index (χ2n) is 5.61. The van der Waals surface area contributed by atoms with E-state index < -0.39 is 0 Å². The Morgan fingerprint density at radius 1 is 1.35 bits per heavy atom. The van der Waals surface area contributed by atoms with Crippen LogP contribution in [0.5, 0.6) is 0 Å². The molecule has 1 aliphatic heterocycles. The normalized spacial score (nSPS) is 19.2. The molecule has 0 N–H and O–H groups in total. The lowest BCUT2D eigenvalue weighted by molar-refractivity contribution is -0.149. The SMILES string of the molecule is CCCCN(C)CCC(=O)N1CCCC(C(=O)OC)C1. The molecule has 0 aliphatic carbocycles. The summed E-state index contributed by atoms with van der Waals surface area (Å²) in [6.45, 7) is 5.28. The molecule has 1 unspecified atom stereocenters. The minimum absolute atomic E-state index is 0.143. The number of hydrogen-bond donors (Lipinski definition) is 0. The molecule has 116 valence electrons. The third-order valence-corrected chi connectivity index (χ3v) is 3.91. The molecule has 0 bridgehead atoms. The van der Waals surface area contributed by atoms with Gasteiger partial charge in [0.15, 0.2) is 0 Å². The fraction of sp³-hybridized carbons (Fsp3) is 0.867. The highest BCUT2D eigenvalue weighted by Gasteiger charge is 2.28. The Labute approximate surface area is 122 Å². The van der Waals surface area contributed by atoms with E-state index >= 15 is 0 Å². The summed E-state index contributed by atoms with van der Waals surface area (Å²) in [6, 6.07) is 0. The number of ether oxygens (including phenoxy) is 1. The third kappa shape index (κ3) is 5.49. The van der Waals surface area contributed by atoms with Crippen LogP contribution < -0.4 is 0 Å². The smallest absolute Gasteiger partial charge is 0.310 e. The lowest BCUT2D eigenvalue weighted by Crippen LogP contribution is -2.43. The molecule has 20 heavy (non-hydrogen) atoms. The van der Waals surface area contributed by atoms with E-state index in [0.717, 1.165) is 32.5 Å². The maximum absolute atomic E-state index is 12.2. The minimum atomic E-state index is -0.192. The van der Waals surface area contributed by atoms with Gasteiger partial charge < -0.3 is 14.5 Å². The number of carbonyl (C=O) groups is 2. The summed E-state index contributed by atoms with van der Waals surface area (Å²) in [6.07, 6.45) is 4.59. The molecule has 0 saturated carbocycles. The lowest BCUT2D eigenvalue weighted by Gasteiger charge is -2.31. The maximum atomic E-state index is 12.2. The predicted molar refractivity (Wildman–Crippen MR) is 78.3 cm³/mol. The van der Waals surface area contributed by atoms with Gasteiger partial charge in [-0.2, -0.15) is 0 Å². The van der Waals surface area contributed by atoms with Crippen molar-refractivity contribution in [3.05, 3.63) is 0 Å². The molecule has 1 fully saturated rings. The summed E-state index contributed by atoms with van der Waals surface area (Å²) >= 11 is 0. The Balaban J connectivity index is 2.33. The summed E-state index contributed by atoms with van der Waals surface area (Å²) in [5, 5.41) is 0. The molecule has 5 heteroatoms. The second-order valence-corrected chi connectivity index (χ2v) is 5.61. The Bertz CT molecular complexity index is 320. The molecular weight excluding hydrogens is 256 g/mol. The Hall–Kier alpha value is -1.10.